The third-order valence-electron chi connectivity index (χ3n) is 1.75. The molecule has 0 fully saturated rings. The number of hydrogen-bond acceptors (Lipinski definition) is 0. The maximum Gasteiger partial charge on any atom is -0.0200 e. The van der Waals surface area contributed by atoms with Crippen molar-refractivity contribution in [1.29, 1.82) is 0 Å². The second-order valence-corrected chi connectivity index (χ2v) is 6.22. The summed E-state index contributed by atoms with van der Waals surface area (Å²) < 4.78 is 0. The largest absolute Gasteiger partial charge is 0.0791 e. The molecule has 0 amide bonds. The maximum atomic E-state index is 2.20. The van der Waals surface area contributed by atoms with Gasteiger partial charge in [0.05, 0.1) is 0 Å². The van der Waals surface area contributed by atoms with Crippen LogP contribution in [0.4, 0.5) is 0 Å². The monoisotopic (exact) mass is 218 g/mol. The fourth-order valence-corrected chi connectivity index (χ4v) is 0.945. The van der Waals surface area contributed by atoms with Crippen LogP contribution in [0, 0.1) is 10.8 Å². The van der Waals surface area contributed by atoms with Crippen molar-refractivity contribution < 1.29 is 0 Å². The van der Waals surface area contributed by atoms with Crippen molar-refractivity contribution in [2.75, 3.05) is 0 Å². The number of hydrogen-bond donors (Lipinski definition) is 0. The first kappa shape index (κ1) is 15.0. The zero-order chi connectivity index (χ0) is 12.7. The molecule has 0 saturated heterocycles. The Kier molecular flexibility index (Phi) is 6.10. The second kappa shape index (κ2) is 6.52. The molecule has 16 heavy (non-hydrogen) atoms. The van der Waals surface area contributed by atoms with Crippen molar-refractivity contribution in [2.45, 2.75) is 41.5 Å². The van der Waals surface area contributed by atoms with Gasteiger partial charge >= 0.3 is 0 Å². The summed E-state index contributed by atoms with van der Waals surface area (Å²) in [7, 11) is 0. The Morgan fingerprint density at radius 2 is 0.688 bits per heavy atom. The highest BCUT2D eigenvalue weighted by Crippen LogP contribution is 2.14. The first-order valence-electron chi connectivity index (χ1n) is 5.91. The molecule has 0 aromatic heterocycles. The van der Waals surface area contributed by atoms with Crippen LogP contribution in [-0.4, -0.2) is 0 Å². The summed E-state index contributed by atoms with van der Waals surface area (Å²) in [5, 5.41) is 0. The molecule has 0 aliphatic heterocycles. The van der Waals surface area contributed by atoms with E-state index in [1.807, 2.05) is 0 Å². The second-order valence-electron chi connectivity index (χ2n) is 6.22. The predicted molar refractivity (Wildman–Crippen MR) is 75.5 cm³/mol. The van der Waals surface area contributed by atoms with E-state index in [1.165, 1.54) is 0 Å². The van der Waals surface area contributed by atoms with E-state index in [4.69, 9.17) is 0 Å². The summed E-state index contributed by atoms with van der Waals surface area (Å²) in [6.07, 6.45) is 16.8. The standard InChI is InChI=1S/C16H26/c1-15(2,3)13-11-9-7-8-10-12-14-16(4,5)6/h7-14H,1-6H3/b9-7+,10-8+,13-11+,14-12+. The van der Waals surface area contributed by atoms with Gasteiger partial charge in [-0.3, -0.25) is 0 Å². The van der Waals surface area contributed by atoms with Crippen LogP contribution < -0.4 is 0 Å². The van der Waals surface area contributed by atoms with Crippen molar-refractivity contribution >= 4 is 0 Å². The molecule has 0 radical (unpaired) electrons. The third-order valence-corrected chi connectivity index (χ3v) is 1.75. The van der Waals surface area contributed by atoms with Crippen molar-refractivity contribution in [3.05, 3.63) is 48.6 Å². The fraction of sp³-hybridized carbons (Fsp3) is 0.500. The van der Waals surface area contributed by atoms with Crippen LogP contribution in [0.15, 0.2) is 48.6 Å². The van der Waals surface area contributed by atoms with Gasteiger partial charge in [0.15, 0.2) is 0 Å². The summed E-state index contributed by atoms with van der Waals surface area (Å²) in [4.78, 5) is 0. The van der Waals surface area contributed by atoms with E-state index >= 15 is 0 Å². The van der Waals surface area contributed by atoms with Gasteiger partial charge in [-0.05, 0) is 10.8 Å². The molecule has 0 aliphatic rings. The zero-order valence-electron chi connectivity index (χ0n) is 11.6. The Morgan fingerprint density at radius 3 is 0.938 bits per heavy atom. The Hall–Kier alpha value is -1.04. The smallest absolute Gasteiger partial charge is 0.0200 e. The molecule has 0 saturated carbocycles. The van der Waals surface area contributed by atoms with Crippen LogP contribution in [0.5, 0.6) is 0 Å². The Balaban J connectivity index is 3.99. The van der Waals surface area contributed by atoms with Crippen molar-refractivity contribution in [3.8, 4) is 0 Å². The summed E-state index contributed by atoms with van der Waals surface area (Å²) in [5.74, 6) is 0. The minimum absolute atomic E-state index is 0.264. The van der Waals surface area contributed by atoms with Crippen LogP contribution in [0.25, 0.3) is 0 Å². The van der Waals surface area contributed by atoms with Gasteiger partial charge in [0.2, 0.25) is 0 Å². The summed E-state index contributed by atoms with van der Waals surface area (Å²) in [6.45, 7) is 13.2. The van der Waals surface area contributed by atoms with Gasteiger partial charge in [0.1, 0.15) is 0 Å². The summed E-state index contributed by atoms with van der Waals surface area (Å²) in [5.41, 5.74) is 0.528. The van der Waals surface area contributed by atoms with Crippen molar-refractivity contribution in [1.82, 2.24) is 0 Å². The lowest BCUT2D eigenvalue weighted by molar-refractivity contribution is 0.544. The van der Waals surface area contributed by atoms with Crippen LogP contribution in [0.2, 0.25) is 0 Å². The minimum atomic E-state index is 0.264. The highest BCUT2D eigenvalue weighted by Gasteiger charge is 2.02. The normalized spacial score (nSPS) is 15.1. The first-order chi connectivity index (χ1) is 7.21. The molecule has 0 heteroatoms. The summed E-state index contributed by atoms with van der Waals surface area (Å²) >= 11 is 0. The molecule has 0 N–H and O–H groups in total. The lowest BCUT2D eigenvalue weighted by Crippen LogP contribution is -1.97. The SMILES string of the molecule is CC(C)(C)/C=C/C=C/C=C/C=C/C(C)(C)C. The maximum absolute atomic E-state index is 2.20. The van der Waals surface area contributed by atoms with Gasteiger partial charge in [0, 0.05) is 0 Å². The molecule has 0 bridgehead atoms. The van der Waals surface area contributed by atoms with Gasteiger partial charge in [-0.2, -0.15) is 0 Å². The molecule has 0 unspecified atom stereocenters. The zero-order valence-corrected chi connectivity index (χ0v) is 11.6. The van der Waals surface area contributed by atoms with Gasteiger partial charge in [-0.15, -0.1) is 0 Å². The molecule has 0 rings (SSSR count). The van der Waals surface area contributed by atoms with Crippen LogP contribution in [0.3, 0.4) is 0 Å². The molecule has 90 valence electrons. The van der Waals surface area contributed by atoms with Crippen molar-refractivity contribution in [3.63, 3.8) is 0 Å². The first-order valence-corrected chi connectivity index (χ1v) is 5.91. The average molecular weight is 218 g/mol. The third kappa shape index (κ3) is 13.0. The molecule has 0 aromatic carbocycles. The topological polar surface area (TPSA) is 0 Å². The minimum Gasteiger partial charge on any atom is -0.0791 e. The van der Waals surface area contributed by atoms with Crippen LogP contribution >= 0.6 is 0 Å². The Morgan fingerprint density at radius 1 is 0.438 bits per heavy atom. The van der Waals surface area contributed by atoms with Gasteiger partial charge in [-0.1, -0.05) is 90.2 Å². The number of allylic oxidation sites excluding steroid dienone is 8. The highest BCUT2D eigenvalue weighted by atomic mass is 14.1. The fourth-order valence-electron chi connectivity index (χ4n) is 0.945. The Bertz CT molecular complexity index is 253. The lowest BCUT2D eigenvalue weighted by atomic mass is 9.96. The van der Waals surface area contributed by atoms with Crippen LogP contribution in [0.1, 0.15) is 41.5 Å². The van der Waals surface area contributed by atoms with Gasteiger partial charge in [-0.25, -0.2) is 0 Å². The molecule has 0 atom stereocenters. The van der Waals surface area contributed by atoms with Crippen molar-refractivity contribution in [2.24, 2.45) is 10.8 Å². The van der Waals surface area contributed by atoms with E-state index in [0.29, 0.717) is 0 Å². The van der Waals surface area contributed by atoms with E-state index in [2.05, 4.69) is 90.2 Å². The van der Waals surface area contributed by atoms with E-state index in [-0.39, 0.29) is 10.8 Å². The molecule has 0 spiro atoms. The molecule has 0 heterocycles. The summed E-state index contributed by atoms with van der Waals surface area (Å²) in [6, 6.07) is 0. The predicted octanol–water partition coefficient (Wildman–Crippen LogP) is 5.30. The van der Waals surface area contributed by atoms with E-state index in [9.17, 15) is 0 Å². The molecule has 0 nitrogen and oxygen atoms in total. The molecule has 0 aliphatic carbocycles. The average Bonchev–Trinajstić information content (AvgIpc) is 2.06. The van der Waals surface area contributed by atoms with Gasteiger partial charge in [0.25, 0.3) is 0 Å². The van der Waals surface area contributed by atoms with E-state index in [1.54, 1.807) is 0 Å². The molecular weight excluding hydrogens is 192 g/mol. The quantitative estimate of drug-likeness (QED) is 0.564. The van der Waals surface area contributed by atoms with Crippen LogP contribution in [-0.2, 0) is 0 Å². The molecule has 0 aromatic rings. The lowest BCUT2D eigenvalue weighted by Gasteiger charge is -2.09. The van der Waals surface area contributed by atoms with E-state index < -0.39 is 0 Å². The van der Waals surface area contributed by atoms with Gasteiger partial charge < -0.3 is 0 Å². The number of rotatable bonds is 3. The van der Waals surface area contributed by atoms with E-state index in [0.717, 1.165) is 0 Å². The Labute approximate surface area is 101 Å². The molecular formula is C16H26. The highest BCUT2D eigenvalue weighted by molar-refractivity contribution is 5.17.